The number of fused-ring (bicyclic) bond motifs is 1. The minimum Gasteiger partial charge on any atom is -0.332 e. The van der Waals surface area contributed by atoms with Crippen molar-refractivity contribution >= 4 is 34.7 Å². The average molecular weight is 227 g/mol. The highest BCUT2D eigenvalue weighted by atomic mass is 35.5. The highest BCUT2D eigenvalue weighted by Gasteiger charge is 2.03. The summed E-state index contributed by atoms with van der Waals surface area (Å²) in [4.78, 5) is 17.0. The highest BCUT2D eigenvalue weighted by molar-refractivity contribution is 7.71. The second-order valence-corrected chi connectivity index (χ2v) is 3.90. The maximum absolute atomic E-state index is 11.5. The van der Waals surface area contributed by atoms with Crippen molar-refractivity contribution in [3.05, 3.63) is 37.8 Å². The quantitative estimate of drug-likeness (QED) is 0.679. The molecule has 3 nitrogen and oxygen atoms in total. The van der Waals surface area contributed by atoms with E-state index < -0.39 is 0 Å². The monoisotopic (exact) mass is 226 g/mol. The van der Waals surface area contributed by atoms with Crippen LogP contribution in [0.5, 0.6) is 0 Å². The molecule has 14 heavy (non-hydrogen) atoms. The van der Waals surface area contributed by atoms with Crippen LogP contribution in [0, 0.1) is 11.7 Å². The molecule has 0 aliphatic rings. The third-order valence-electron chi connectivity index (χ3n) is 2.00. The number of aromatic nitrogens is 2. The predicted octanol–water partition coefficient (Wildman–Crippen LogP) is 2.55. The van der Waals surface area contributed by atoms with E-state index in [1.807, 2.05) is 6.92 Å². The first-order valence-electron chi connectivity index (χ1n) is 4.00. The minimum absolute atomic E-state index is 0.182. The zero-order valence-electron chi connectivity index (χ0n) is 7.35. The lowest BCUT2D eigenvalue weighted by Gasteiger charge is -2.01. The predicted molar refractivity (Wildman–Crippen MR) is 59.5 cm³/mol. The normalized spacial score (nSPS) is 10.7. The fourth-order valence-corrected chi connectivity index (χ4v) is 1.94. The van der Waals surface area contributed by atoms with E-state index in [0.29, 0.717) is 20.7 Å². The molecule has 1 aromatic carbocycles. The number of aryl methyl sites for hydroxylation is 1. The van der Waals surface area contributed by atoms with E-state index in [-0.39, 0.29) is 5.56 Å². The molecule has 2 aromatic rings. The van der Waals surface area contributed by atoms with Gasteiger partial charge in [0, 0.05) is 5.02 Å². The van der Waals surface area contributed by atoms with Gasteiger partial charge in [0.1, 0.15) is 0 Å². The van der Waals surface area contributed by atoms with Gasteiger partial charge in [0.05, 0.1) is 10.9 Å². The molecule has 0 amide bonds. The Hall–Kier alpha value is -1.13. The number of H-pyrrole nitrogens is 2. The van der Waals surface area contributed by atoms with Crippen LogP contribution in [0.4, 0.5) is 0 Å². The summed E-state index contributed by atoms with van der Waals surface area (Å²) in [7, 11) is 0. The van der Waals surface area contributed by atoms with E-state index in [9.17, 15) is 4.79 Å². The molecule has 0 aliphatic carbocycles. The Balaban J connectivity index is 3.10. The van der Waals surface area contributed by atoms with Gasteiger partial charge in [-0.2, -0.15) is 0 Å². The van der Waals surface area contributed by atoms with Crippen molar-refractivity contribution in [1.82, 2.24) is 9.97 Å². The second kappa shape index (κ2) is 3.22. The Bertz CT molecular complexity index is 614. The molecule has 1 heterocycles. The smallest absolute Gasteiger partial charge is 0.259 e. The molecule has 0 spiro atoms. The highest BCUT2D eigenvalue weighted by Crippen LogP contribution is 2.18. The van der Waals surface area contributed by atoms with Crippen molar-refractivity contribution in [2.75, 3.05) is 0 Å². The number of hydrogen-bond acceptors (Lipinski definition) is 2. The van der Waals surface area contributed by atoms with Crippen LogP contribution in [0.15, 0.2) is 16.9 Å². The molecule has 0 bridgehead atoms. The number of rotatable bonds is 0. The van der Waals surface area contributed by atoms with Crippen LogP contribution in [0.3, 0.4) is 0 Å². The lowest BCUT2D eigenvalue weighted by atomic mass is 10.1. The van der Waals surface area contributed by atoms with Crippen LogP contribution >= 0.6 is 23.8 Å². The van der Waals surface area contributed by atoms with Crippen LogP contribution in [0.1, 0.15) is 5.56 Å². The summed E-state index contributed by atoms with van der Waals surface area (Å²) in [5, 5.41) is 1.19. The molecule has 72 valence electrons. The maximum Gasteiger partial charge on any atom is 0.259 e. The molecule has 0 unspecified atom stereocenters. The van der Waals surface area contributed by atoms with Crippen LogP contribution < -0.4 is 5.56 Å². The minimum atomic E-state index is -0.182. The van der Waals surface area contributed by atoms with Gasteiger partial charge in [0.25, 0.3) is 5.56 Å². The number of hydrogen-bond donors (Lipinski definition) is 2. The van der Waals surface area contributed by atoms with Crippen molar-refractivity contribution in [1.29, 1.82) is 0 Å². The van der Waals surface area contributed by atoms with Gasteiger partial charge >= 0.3 is 0 Å². The number of halogens is 1. The fraction of sp³-hybridized carbons (Fsp3) is 0.111. The van der Waals surface area contributed by atoms with E-state index in [2.05, 4.69) is 9.97 Å². The molecule has 0 saturated carbocycles. The number of aromatic amines is 2. The zero-order chi connectivity index (χ0) is 10.3. The molecule has 2 N–H and O–H groups in total. The third-order valence-corrected chi connectivity index (χ3v) is 2.42. The number of nitrogens with one attached hydrogen (secondary N) is 2. The van der Waals surface area contributed by atoms with E-state index in [0.717, 1.165) is 5.56 Å². The zero-order valence-corrected chi connectivity index (χ0v) is 8.92. The Labute approximate surface area is 89.7 Å². The second-order valence-electron chi connectivity index (χ2n) is 3.05. The molecule has 0 aliphatic heterocycles. The van der Waals surface area contributed by atoms with Crippen molar-refractivity contribution in [3.8, 4) is 0 Å². The summed E-state index contributed by atoms with van der Waals surface area (Å²) in [6.45, 7) is 1.83. The molecule has 0 saturated heterocycles. The Morgan fingerprint density at radius 2 is 2.07 bits per heavy atom. The van der Waals surface area contributed by atoms with Crippen molar-refractivity contribution < 1.29 is 0 Å². The Morgan fingerprint density at radius 1 is 1.36 bits per heavy atom. The standard InChI is InChI=1S/C9H7ClN2OS/c1-4-2-5(10)3-6-7(4)8(13)12-9(14)11-6/h2-3H,1H3,(H2,11,12,13,14). The Morgan fingerprint density at radius 3 is 2.79 bits per heavy atom. The average Bonchev–Trinajstić information content (AvgIpc) is 1.99. The van der Waals surface area contributed by atoms with Gasteiger partial charge in [-0.25, -0.2) is 0 Å². The SMILES string of the molecule is Cc1cc(Cl)cc2[nH]c(=S)[nH]c(=O)c12. The third kappa shape index (κ3) is 1.47. The van der Waals surface area contributed by atoms with Crippen LogP contribution in [-0.4, -0.2) is 9.97 Å². The first-order valence-corrected chi connectivity index (χ1v) is 4.79. The molecule has 1 aromatic heterocycles. The van der Waals surface area contributed by atoms with Crippen LogP contribution in [-0.2, 0) is 0 Å². The maximum atomic E-state index is 11.5. The first-order chi connectivity index (χ1) is 6.58. The molecule has 0 radical (unpaired) electrons. The van der Waals surface area contributed by atoms with Gasteiger partial charge in [0.15, 0.2) is 4.77 Å². The summed E-state index contributed by atoms with van der Waals surface area (Å²) in [5.41, 5.74) is 1.32. The molecule has 0 atom stereocenters. The topological polar surface area (TPSA) is 48.6 Å². The summed E-state index contributed by atoms with van der Waals surface area (Å²) in [6.07, 6.45) is 0. The molecule has 5 heteroatoms. The van der Waals surface area contributed by atoms with E-state index in [1.165, 1.54) is 0 Å². The van der Waals surface area contributed by atoms with Gasteiger partial charge < -0.3 is 4.98 Å². The summed E-state index contributed by atoms with van der Waals surface area (Å²) in [6, 6.07) is 3.44. The van der Waals surface area contributed by atoms with E-state index >= 15 is 0 Å². The molecule has 0 fully saturated rings. The Kier molecular flexibility index (Phi) is 2.17. The van der Waals surface area contributed by atoms with Gasteiger partial charge in [-0.05, 0) is 36.8 Å². The summed E-state index contributed by atoms with van der Waals surface area (Å²) in [5.74, 6) is 0. The molecular weight excluding hydrogens is 220 g/mol. The summed E-state index contributed by atoms with van der Waals surface area (Å²) >= 11 is 10.7. The van der Waals surface area contributed by atoms with Crippen molar-refractivity contribution in [2.45, 2.75) is 6.92 Å². The van der Waals surface area contributed by atoms with Crippen LogP contribution in [0.2, 0.25) is 5.02 Å². The van der Waals surface area contributed by atoms with Gasteiger partial charge in [-0.1, -0.05) is 11.6 Å². The van der Waals surface area contributed by atoms with Gasteiger partial charge in [-0.3, -0.25) is 9.78 Å². The molecule has 2 rings (SSSR count). The lowest BCUT2D eigenvalue weighted by molar-refractivity contribution is 1.13. The molecular formula is C9H7ClN2OS. The fourth-order valence-electron chi connectivity index (χ4n) is 1.46. The lowest BCUT2D eigenvalue weighted by Crippen LogP contribution is -2.09. The van der Waals surface area contributed by atoms with Gasteiger partial charge in [-0.15, -0.1) is 0 Å². The van der Waals surface area contributed by atoms with E-state index in [1.54, 1.807) is 12.1 Å². The first kappa shape index (κ1) is 9.43. The van der Waals surface area contributed by atoms with E-state index in [4.69, 9.17) is 23.8 Å². The number of benzene rings is 1. The van der Waals surface area contributed by atoms with Crippen LogP contribution in [0.25, 0.3) is 10.9 Å². The van der Waals surface area contributed by atoms with Gasteiger partial charge in [0.2, 0.25) is 0 Å². The summed E-state index contributed by atoms with van der Waals surface area (Å²) < 4.78 is 0.309. The van der Waals surface area contributed by atoms with Crippen molar-refractivity contribution in [2.24, 2.45) is 0 Å². The largest absolute Gasteiger partial charge is 0.332 e. The van der Waals surface area contributed by atoms with Crippen molar-refractivity contribution in [3.63, 3.8) is 0 Å².